The second-order valence-corrected chi connectivity index (χ2v) is 10.6. The first-order chi connectivity index (χ1) is 16.5. The summed E-state index contributed by atoms with van der Waals surface area (Å²) in [5, 5.41) is 5.13. The number of anilines is 1. The second kappa shape index (κ2) is 8.17. The Labute approximate surface area is 199 Å². The van der Waals surface area contributed by atoms with Crippen molar-refractivity contribution < 1.29 is 30.8 Å². The highest BCUT2D eigenvalue weighted by atomic mass is 32.2. The van der Waals surface area contributed by atoms with E-state index in [0.717, 1.165) is 29.8 Å². The molecule has 5 rings (SSSR count). The van der Waals surface area contributed by atoms with Crippen molar-refractivity contribution >= 4 is 21.6 Å². The Kier molecular flexibility index (Phi) is 5.48. The predicted octanol–water partition coefficient (Wildman–Crippen LogP) is 4.25. The molecule has 182 valence electrons. The maximum Gasteiger partial charge on any atom is 0.241 e. The molecule has 0 aromatic heterocycles. The van der Waals surface area contributed by atoms with Crippen LogP contribution in [0.2, 0.25) is 0 Å². The SMILES string of the molecule is CC1Cc2cc(F)c(S(N)(=O)=O)cc2N1C(=O)C1Cc2ccc(-c3c(F)ccc(F)c3F)cc2C1. The molecule has 35 heavy (non-hydrogen) atoms. The molecule has 0 radical (unpaired) electrons. The summed E-state index contributed by atoms with van der Waals surface area (Å²) in [5.74, 6) is -5.09. The maximum atomic E-state index is 14.3. The molecule has 3 aromatic rings. The molecule has 0 bridgehead atoms. The van der Waals surface area contributed by atoms with Gasteiger partial charge in [0, 0.05) is 17.6 Å². The number of amides is 1. The van der Waals surface area contributed by atoms with Crippen LogP contribution in [0.1, 0.15) is 23.6 Å². The van der Waals surface area contributed by atoms with Crippen molar-refractivity contribution in [1.82, 2.24) is 0 Å². The van der Waals surface area contributed by atoms with Gasteiger partial charge in [-0.3, -0.25) is 4.79 Å². The van der Waals surface area contributed by atoms with Crippen LogP contribution in [0.5, 0.6) is 0 Å². The Morgan fingerprint density at radius 3 is 2.29 bits per heavy atom. The van der Waals surface area contributed by atoms with E-state index in [1.54, 1.807) is 19.1 Å². The molecular weight excluding hydrogens is 484 g/mol. The van der Waals surface area contributed by atoms with Crippen LogP contribution in [0.3, 0.4) is 0 Å². The lowest BCUT2D eigenvalue weighted by molar-refractivity contribution is -0.122. The smallest absolute Gasteiger partial charge is 0.241 e. The third-order valence-electron chi connectivity index (χ3n) is 6.71. The van der Waals surface area contributed by atoms with E-state index in [9.17, 15) is 30.8 Å². The van der Waals surface area contributed by atoms with Gasteiger partial charge in [-0.25, -0.2) is 31.1 Å². The zero-order chi connectivity index (χ0) is 25.2. The number of nitrogens with two attached hydrogens (primary N) is 1. The minimum atomic E-state index is -4.33. The highest BCUT2D eigenvalue weighted by Crippen LogP contribution is 2.39. The topological polar surface area (TPSA) is 80.5 Å². The number of fused-ring (bicyclic) bond motifs is 2. The summed E-state index contributed by atoms with van der Waals surface area (Å²) < 4.78 is 80.1. The lowest BCUT2D eigenvalue weighted by Crippen LogP contribution is -2.40. The number of primary sulfonamides is 1. The van der Waals surface area contributed by atoms with Crippen LogP contribution in [0.15, 0.2) is 47.4 Å². The quantitative estimate of drug-likeness (QED) is 0.428. The molecule has 10 heteroatoms. The third-order valence-corrected chi connectivity index (χ3v) is 7.64. The standard InChI is InChI=1S/C25H20F4N2O3S/c1-12-6-16-10-20(28)22(35(30,33)34)11-21(16)31(12)25(32)17-7-13-2-3-14(8-15(13)9-17)23-18(26)4-5-19(27)24(23)29/h2-5,8,10-12,17H,6-7,9H2,1H3,(H2,30,33,34). The normalized spacial score (nSPS) is 19.1. The van der Waals surface area contributed by atoms with Gasteiger partial charge in [0.05, 0.1) is 5.56 Å². The Hall–Kier alpha value is -3.24. The van der Waals surface area contributed by atoms with Crippen LogP contribution in [0.4, 0.5) is 23.2 Å². The highest BCUT2D eigenvalue weighted by Gasteiger charge is 2.38. The Bertz CT molecular complexity index is 1510. The number of benzene rings is 3. The molecule has 0 fully saturated rings. The molecule has 1 aliphatic heterocycles. The molecule has 1 heterocycles. The summed E-state index contributed by atoms with van der Waals surface area (Å²) in [6.45, 7) is 1.78. The molecular formula is C25H20F4N2O3S. The zero-order valence-corrected chi connectivity index (χ0v) is 19.3. The summed E-state index contributed by atoms with van der Waals surface area (Å²) in [6, 6.07) is 8.14. The summed E-state index contributed by atoms with van der Waals surface area (Å²) in [7, 11) is -4.33. The molecule has 0 saturated carbocycles. The van der Waals surface area contributed by atoms with Gasteiger partial charge in [-0.1, -0.05) is 18.2 Å². The number of nitrogens with zero attached hydrogens (tertiary/aromatic N) is 1. The molecule has 0 spiro atoms. The number of carbonyl (C=O) groups is 1. The van der Waals surface area contributed by atoms with Crippen molar-refractivity contribution in [2.45, 2.75) is 37.1 Å². The molecule has 2 atom stereocenters. The summed E-state index contributed by atoms with van der Waals surface area (Å²) in [6.07, 6.45) is 0.998. The van der Waals surface area contributed by atoms with Crippen molar-refractivity contribution in [3.8, 4) is 11.1 Å². The second-order valence-electron chi connectivity index (χ2n) is 9.02. The van der Waals surface area contributed by atoms with Crippen LogP contribution in [0, 0.1) is 29.2 Å². The molecule has 3 aromatic carbocycles. The zero-order valence-electron chi connectivity index (χ0n) is 18.5. The summed E-state index contributed by atoms with van der Waals surface area (Å²) in [4.78, 5) is 14.3. The lowest BCUT2D eigenvalue weighted by atomic mass is 9.99. The van der Waals surface area contributed by atoms with E-state index in [-0.39, 0.29) is 23.9 Å². The average molecular weight is 505 g/mol. The molecule has 2 aliphatic rings. The minimum absolute atomic E-state index is 0.166. The van der Waals surface area contributed by atoms with Gasteiger partial charge in [0.15, 0.2) is 11.6 Å². The van der Waals surface area contributed by atoms with Crippen molar-refractivity contribution in [3.05, 3.63) is 82.4 Å². The third kappa shape index (κ3) is 3.90. The first kappa shape index (κ1) is 23.5. The van der Waals surface area contributed by atoms with E-state index >= 15 is 0 Å². The number of rotatable bonds is 3. The molecule has 5 nitrogen and oxygen atoms in total. The number of sulfonamides is 1. The van der Waals surface area contributed by atoms with E-state index in [0.29, 0.717) is 29.7 Å². The van der Waals surface area contributed by atoms with Gasteiger partial charge in [0.1, 0.15) is 16.5 Å². The fraction of sp³-hybridized carbons (Fsp3) is 0.240. The molecule has 0 saturated heterocycles. The van der Waals surface area contributed by atoms with Crippen LogP contribution >= 0.6 is 0 Å². The first-order valence-corrected chi connectivity index (χ1v) is 12.4. The molecule has 2 N–H and O–H groups in total. The van der Waals surface area contributed by atoms with Gasteiger partial charge >= 0.3 is 0 Å². The van der Waals surface area contributed by atoms with E-state index in [1.807, 2.05) is 0 Å². The van der Waals surface area contributed by atoms with E-state index in [1.165, 1.54) is 11.0 Å². The van der Waals surface area contributed by atoms with Gasteiger partial charge in [-0.2, -0.15) is 0 Å². The predicted molar refractivity (Wildman–Crippen MR) is 121 cm³/mol. The maximum absolute atomic E-state index is 14.3. The van der Waals surface area contributed by atoms with Gasteiger partial charge in [-0.05, 0) is 72.7 Å². The Morgan fingerprint density at radius 2 is 1.57 bits per heavy atom. The number of hydrogen-bond donors (Lipinski definition) is 1. The van der Waals surface area contributed by atoms with E-state index < -0.39 is 49.7 Å². The van der Waals surface area contributed by atoms with Gasteiger partial charge in [0.2, 0.25) is 15.9 Å². The van der Waals surface area contributed by atoms with Crippen molar-refractivity contribution in [1.29, 1.82) is 0 Å². The van der Waals surface area contributed by atoms with Gasteiger partial charge < -0.3 is 4.90 Å². The van der Waals surface area contributed by atoms with Crippen LogP contribution in [-0.2, 0) is 34.1 Å². The minimum Gasteiger partial charge on any atom is -0.309 e. The highest BCUT2D eigenvalue weighted by molar-refractivity contribution is 7.89. The molecule has 1 aliphatic carbocycles. The number of halogens is 4. The van der Waals surface area contributed by atoms with E-state index in [4.69, 9.17) is 5.14 Å². The lowest BCUT2D eigenvalue weighted by Gasteiger charge is -2.26. The largest absolute Gasteiger partial charge is 0.309 e. The summed E-state index contributed by atoms with van der Waals surface area (Å²) in [5.41, 5.74) is 2.03. The van der Waals surface area contributed by atoms with Crippen LogP contribution < -0.4 is 10.0 Å². The van der Waals surface area contributed by atoms with Crippen LogP contribution in [-0.4, -0.2) is 20.4 Å². The first-order valence-electron chi connectivity index (χ1n) is 10.9. The molecule has 1 amide bonds. The fourth-order valence-corrected chi connectivity index (χ4v) is 5.72. The van der Waals surface area contributed by atoms with Gasteiger partial charge in [0.25, 0.3) is 0 Å². The van der Waals surface area contributed by atoms with E-state index in [2.05, 4.69) is 0 Å². The molecule has 2 unspecified atom stereocenters. The summed E-state index contributed by atoms with van der Waals surface area (Å²) >= 11 is 0. The van der Waals surface area contributed by atoms with Crippen molar-refractivity contribution in [2.75, 3.05) is 4.90 Å². The number of carbonyl (C=O) groups excluding carboxylic acids is 1. The fourth-order valence-electron chi connectivity index (χ4n) is 5.11. The Balaban J connectivity index is 1.46. The Morgan fingerprint density at radius 1 is 0.886 bits per heavy atom. The van der Waals surface area contributed by atoms with Crippen LogP contribution in [0.25, 0.3) is 11.1 Å². The average Bonchev–Trinajstić information content (AvgIpc) is 3.34. The van der Waals surface area contributed by atoms with Gasteiger partial charge in [-0.15, -0.1) is 0 Å². The number of hydrogen-bond acceptors (Lipinski definition) is 3. The van der Waals surface area contributed by atoms with Crippen molar-refractivity contribution in [2.24, 2.45) is 11.1 Å². The van der Waals surface area contributed by atoms with Crippen molar-refractivity contribution in [3.63, 3.8) is 0 Å². The monoisotopic (exact) mass is 504 g/mol.